The maximum absolute atomic E-state index is 14.4. The van der Waals surface area contributed by atoms with Gasteiger partial charge in [-0.1, -0.05) is 48.6 Å². The van der Waals surface area contributed by atoms with Crippen LogP contribution in [0, 0.1) is 30.5 Å². The molecule has 10 heteroatoms. The van der Waals surface area contributed by atoms with E-state index in [2.05, 4.69) is 6.58 Å². The third-order valence-corrected chi connectivity index (χ3v) is 11.3. The van der Waals surface area contributed by atoms with E-state index in [1.165, 1.54) is 23.1 Å². The zero-order valence-electron chi connectivity index (χ0n) is 24.0. The number of allylic oxidation sites excluding steroid dienone is 2. The largest absolute Gasteiger partial charge is 0.508 e. The molecule has 45 heavy (non-hydrogen) atoms. The van der Waals surface area contributed by atoms with Gasteiger partial charge < -0.3 is 5.11 Å². The van der Waals surface area contributed by atoms with Crippen LogP contribution in [-0.4, -0.2) is 38.5 Å². The normalized spacial score (nSPS) is 30.6. The molecule has 1 N–H and O–H groups in total. The summed E-state index contributed by atoms with van der Waals surface area (Å²) < 4.78 is 13.8. The zero-order chi connectivity index (χ0) is 32.0. The second kappa shape index (κ2) is 10.1. The molecule has 2 saturated heterocycles. The van der Waals surface area contributed by atoms with Gasteiger partial charge in [0.05, 0.1) is 23.2 Å². The third-order valence-electron chi connectivity index (χ3n) is 9.84. The molecule has 0 spiro atoms. The molecular weight excluding hydrogens is 618 g/mol. The highest BCUT2D eigenvalue weighted by atomic mass is 35.5. The molecule has 4 amide bonds. The summed E-state index contributed by atoms with van der Waals surface area (Å²) in [4.78, 5) is 54.7. The number of rotatable bonds is 4. The van der Waals surface area contributed by atoms with Gasteiger partial charge in [0, 0.05) is 5.92 Å². The van der Waals surface area contributed by atoms with Crippen LogP contribution in [0.3, 0.4) is 0 Å². The van der Waals surface area contributed by atoms with Crippen LogP contribution in [0.25, 0.3) is 6.08 Å². The summed E-state index contributed by atoms with van der Waals surface area (Å²) in [6, 6.07) is 16.6. The standard InChI is InChI=1S/C35H27Cl2FN2O5/c1-3-19-4-9-22(10-5-19)39-30(42)25-14-13-24-26(28(25)31(39)43)17-34(36)32(44)40(23-11-7-21(38)8-12-23)33(45)35(34,37)29(24)20-6-15-27(41)18(2)16-20/h3-13,15-16,25-26,28-29,41H,1,14,17H2,2H3/t25-,26+,28-,29-,34+,35-/m0/s1. The average Bonchev–Trinajstić information content (AvgIpc) is 3.37. The molecule has 0 bridgehead atoms. The highest BCUT2D eigenvalue weighted by Gasteiger charge is 2.76. The van der Waals surface area contributed by atoms with Crippen LogP contribution >= 0.6 is 23.2 Å². The number of fused-ring (bicyclic) bond motifs is 4. The van der Waals surface area contributed by atoms with E-state index in [-0.39, 0.29) is 30.2 Å². The summed E-state index contributed by atoms with van der Waals surface area (Å²) in [5.41, 5.74) is 3.04. The van der Waals surface area contributed by atoms with E-state index in [0.717, 1.165) is 22.6 Å². The van der Waals surface area contributed by atoms with E-state index in [4.69, 9.17) is 23.2 Å². The lowest BCUT2D eigenvalue weighted by molar-refractivity contribution is -0.125. The van der Waals surface area contributed by atoms with E-state index in [1.54, 1.807) is 49.4 Å². The first-order valence-electron chi connectivity index (χ1n) is 14.5. The van der Waals surface area contributed by atoms with Gasteiger partial charge in [-0.15, -0.1) is 23.2 Å². The summed E-state index contributed by atoms with van der Waals surface area (Å²) in [6.07, 6.45) is 3.56. The number of aryl methyl sites for hydroxylation is 1. The average molecular weight is 646 g/mol. The highest BCUT2D eigenvalue weighted by Crippen LogP contribution is 2.66. The number of nitrogens with zero attached hydrogens (tertiary/aromatic N) is 2. The van der Waals surface area contributed by atoms with Crippen molar-refractivity contribution in [3.8, 4) is 5.75 Å². The van der Waals surface area contributed by atoms with Crippen molar-refractivity contribution in [1.82, 2.24) is 0 Å². The smallest absolute Gasteiger partial charge is 0.258 e. The summed E-state index contributed by atoms with van der Waals surface area (Å²) >= 11 is 14.7. The molecule has 2 heterocycles. The van der Waals surface area contributed by atoms with Crippen LogP contribution in [0.5, 0.6) is 5.75 Å². The predicted octanol–water partition coefficient (Wildman–Crippen LogP) is 6.25. The molecule has 228 valence electrons. The van der Waals surface area contributed by atoms with Gasteiger partial charge in [-0.3, -0.25) is 24.1 Å². The molecular formula is C35H27Cl2FN2O5. The van der Waals surface area contributed by atoms with Gasteiger partial charge in [0.2, 0.25) is 11.8 Å². The number of carbonyl (C=O) groups excluding carboxylic acids is 4. The number of imide groups is 2. The van der Waals surface area contributed by atoms with Crippen LogP contribution in [0.15, 0.2) is 85.0 Å². The van der Waals surface area contributed by atoms with Gasteiger partial charge in [-0.2, -0.15) is 0 Å². The monoisotopic (exact) mass is 644 g/mol. The van der Waals surface area contributed by atoms with Crippen molar-refractivity contribution in [2.45, 2.75) is 35.4 Å². The topological polar surface area (TPSA) is 95.0 Å². The van der Waals surface area contributed by atoms with E-state index in [9.17, 15) is 28.7 Å². The van der Waals surface area contributed by atoms with Crippen molar-refractivity contribution in [3.05, 3.63) is 107 Å². The first-order chi connectivity index (χ1) is 21.4. The maximum atomic E-state index is 14.4. The highest BCUT2D eigenvalue weighted by molar-refractivity contribution is 6.58. The fraction of sp³-hybridized carbons (Fsp3) is 0.257. The molecule has 3 aromatic carbocycles. The van der Waals surface area contributed by atoms with E-state index < -0.39 is 57.0 Å². The predicted molar refractivity (Wildman–Crippen MR) is 168 cm³/mol. The van der Waals surface area contributed by atoms with Crippen molar-refractivity contribution < 1.29 is 28.7 Å². The van der Waals surface area contributed by atoms with Gasteiger partial charge in [0.1, 0.15) is 11.6 Å². The summed E-state index contributed by atoms with van der Waals surface area (Å²) in [6.45, 7) is 5.44. The third kappa shape index (κ3) is 3.95. The second-order valence-electron chi connectivity index (χ2n) is 12.1. The van der Waals surface area contributed by atoms with E-state index >= 15 is 0 Å². The number of phenols is 1. The molecule has 7 nitrogen and oxygen atoms in total. The van der Waals surface area contributed by atoms with Crippen molar-refractivity contribution >= 4 is 64.3 Å². The fourth-order valence-corrected chi connectivity index (χ4v) is 8.58. The van der Waals surface area contributed by atoms with E-state index in [0.29, 0.717) is 22.4 Å². The number of hydrogen-bond donors (Lipinski definition) is 1. The lowest BCUT2D eigenvalue weighted by Gasteiger charge is -2.50. The Kier molecular flexibility index (Phi) is 6.62. The Morgan fingerprint density at radius 2 is 1.53 bits per heavy atom. The number of phenolic OH excluding ortho intramolecular Hbond substituents is 1. The van der Waals surface area contributed by atoms with Crippen molar-refractivity contribution in [3.63, 3.8) is 0 Å². The number of amides is 4. The molecule has 1 saturated carbocycles. The summed E-state index contributed by atoms with van der Waals surface area (Å²) in [5, 5.41) is 10.3. The zero-order valence-corrected chi connectivity index (χ0v) is 25.6. The SMILES string of the molecule is C=Cc1ccc(N2C(=O)[C@H]3[C@H](CC=C4[C@H]3C[C@@]3(Cl)C(=O)N(c5ccc(F)cc5)C(=O)[C@@]3(Cl)[C@H]4c3ccc(O)c(C)c3)C2=O)cc1. The fourth-order valence-electron chi connectivity index (χ4n) is 7.64. The molecule has 4 aliphatic rings. The number of aromatic hydroxyl groups is 1. The quantitative estimate of drug-likeness (QED) is 0.206. The van der Waals surface area contributed by atoms with Crippen molar-refractivity contribution in [1.29, 1.82) is 0 Å². The van der Waals surface area contributed by atoms with Crippen LogP contribution in [-0.2, 0) is 19.2 Å². The van der Waals surface area contributed by atoms with Gasteiger partial charge in [0.25, 0.3) is 11.8 Å². The molecule has 0 unspecified atom stereocenters. The molecule has 7 rings (SSSR count). The first kappa shape index (κ1) is 29.4. The molecule has 0 aromatic heterocycles. The van der Waals surface area contributed by atoms with Gasteiger partial charge in [-0.05, 0) is 84.8 Å². The second-order valence-corrected chi connectivity index (χ2v) is 13.3. The molecule has 6 atom stereocenters. The Morgan fingerprint density at radius 3 is 2.18 bits per heavy atom. The minimum absolute atomic E-state index is 0.0287. The first-order valence-corrected chi connectivity index (χ1v) is 15.3. The van der Waals surface area contributed by atoms with Crippen LogP contribution in [0.4, 0.5) is 15.8 Å². The Bertz CT molecular complexity index is 1860. The lowest BCUT2D eigenvalue weighted by Crippen LogP contribution is -2.60. The van der Waals surface area contributed by atoms with Crippen LogP contribution < -0.4 is 9.80 Å². The maximum Gasteiger partial charge on any atom is 0.258 e. The minimum atomic E-state index is -2.04. The van der Waals surface area contributed by atoms with Crippen molar-refractivity contribution in [2.75, 3.05) is 9.80 Å². The van der Waals surface area contributed by atoms with Gasteiger partial charge in [0.15, 0.2) is 9.75 Å². The number of carbonyl (C=O) groups is 4. The van der Waals surface area contributed by atoms with E-state index in [1.807, 2.05) is 6.08 Å². The molecule has 3 aromatic rings. The summed E-state index contributed by atoms with van der Waals surface area (Å²) in [7, 11) is 0. The molecule has 0 radical (unpaired) electrons. The number of hydrogen-bond acceptors (Lipinski definition) is 5. The van der Waals surface area contributed by atoms with Crippen molar-refractivity contribution in [2.24, 2.45) is 17.8 Å². The van der Waals surface area contributed by atoms with Crippen LogP contribution in [0.2, 0.25) is 0 Å². The van der Waals surface area contributed by atoms with Gasteiger partial charge >= 0.3 is 0 Å². The molecule has 3 fully saturated rings. The van der Waals surface area contributed by atoms with Gasteiger partial charge in [-0.25, -0.2) is 9.29 Å². The molecule has 2 aliphatic carbocycles. The summed E-state index contributed by atoms with van der Waals surface area (Å²) in [5.74, 6) is -6.08. The number of anilines is 2. The van der Waals surface area contributed by atoms with Crippen LogP contribution in [0.1, 0.15) is 35.4 Å². The Hall–Kier alpha value is -4.27. The minimum Gasteiger partial charge on any atom is -0.508 e. The Labute approximate surface area is 268 Å². The number of benzene rings is 3. The lowest BCUT2D eigenvalue weighted by atomic mass is 9.56. The molecule has 2 aliphatic heterocycles. The number of alkyl halides is 2. The number of halogens is 3. The Morgan fingerprint density at radius 1 is 0.889 bits per heavy atom. The Balaban J connectivity index is 1.38.